The van der Waals surface area contributed by atoms with E-state index in [1.165, 1.54) is 12.4 Å². The fraction of sp³-hybridized carbons (Fsp3) is 0.600. The number of carboxylic acids is 1. The van der Waals surface area contributed by atoms with E-state index >= 15 is 0 Å². The number of nitrogens with zero attached hydrogens (tertiary/aromatic N) is 5. The summed E-state index contributed by atoms with van der Waals surface area (Å²) in [6.45, 7) is 3.43. The lowest BCUT2D eigenvalue weighted by Crippen LogP contribution is -2.42. The minimum absolute atomic E-state index is 0.0816. The van der Waals surface area contributed by atoms with E-state index in [9.17, 15) is 32.7 Å². The molecule has 0 bridgehead atoms. The zero-order valence-corrected chi connectivity index (χ0v) is 21.0. The van der Waals surface area contributed by atoms with Crippen LogP contribution < -0.4 is 0 Å². The summed E-state index contributed by atoms with van der Waals surface area (Å²) in [7, 11) is 1.00. The van der Waals surface area contributed by atoms with Gasteiger partial charge < -0.3 is 10.2 Å². The summed E-state index contributed by atoms with van der Waals surface area (Å²) in [6, 6.07) is 2.18. The second-order valence-electron chi connectivity index (χ2n) is 9.33. The molecule has 12 heteroatoms. The van der Waals surface area contributed by atoms with Gasteiger partial charge >= 0.3 is 5.97 Å². The summed E-state index contributed by atoms with van der Waals surface area (Å²) in [4.78, 5) is 27.5. The molecule has 0 radical (unpaired) electrons. The number of carbonyl (C=O) groups is 1. The molecule has 2 fully saturated rings. The van der Waals surface area contributed by atoms with Gasteiger partial charge in [0.15, 0.2) is 0 Å². The Morgan fingerprint density at radius 2 is 1.11 bits per heavy atom. The zero-order valence-electron chi connectivity index (χ0n) is 21.0. The molecule has 2 heterocycles. The maximum absolute atomic E-state index is 13.2. The van der Waals surface area contributed by atoms with Gasteiger partial charge in [-0.05, 0) is 39.5 Å². The fourth-order valence-electron chi connectivity index (χ4n) is 4.46. The number of aromatic nitrogens is 4. The van der Waals surface area contributed by atoms with Crippen molar-refractivity contribution in [2.45, 2.75) is 87.9 Å². The largest absolute Gasteiger partial charge is 0.481 e. The number of aryl methyl sites for hydroxylation is 2. The molecule has 2 aromatic heterocycles. The van der Waals surface area contributed by atoms with Gasteiger partial charge in [0.05, 0.1) is 16.9 Å². The zero-order chi connectivity index (χ0) is 27.9. The first-order valence-corrected chi connectivity index (χ1v) is 11.8. The third-order valence-corrected chi connectivity index (χ3v) is 6.96. The quantitative estimate of drug-likeness (QED) is 0.552. The molecule has 37 heavy (non-hydrogen) atoms. The summed E-state index contributed by atoms with van der Waals surface area (Å²) < 4.78 is 52.6. The van der Waals surface area contributed by atoms with Crippen LogP contribution >= 0.6 is 0 Å². The highest BCUT2D eigenvalue weighted by atomic mass is 19.3. The number of hydrogen-bond acceptors (Lipinski definition) is 7. The van der Waals surface area contributed by atoms with Gasteiger partial charge in [-0.25, -0.2) is 37.5 Å². The van der Waals surface area contributed by atoms with Gasteiger partial charge in [-0.15, -0.1) is 0 Å². The number of nitriles is 1. The second-order valence-corrected chi connectivity index (χ2v) is 9.33. The van der Waals surface area contributed by atoms with Crippen molar-refractivity contribution in [2.24, 2.45) is 0 Å². The van der Waals surface area contributed by atoms with E-state index in [1.54, 1.807) is 26.2 Å². The standard InChI is InChI=1S/C12H13F2N3.C12H14F2N2O2.CH4O/c1-9-16-6-10(7-17-9)11(8-15)2-4-12(13,14)5-3-11;1-8-15-6-9(7-16-8)11(10(17)18)2-4-12(13,14)5-3-11;1-2/h6-7H,2-5H2,1H3;6-7H,2-5H2,1H3,(H,17,18);2H,1H3. The number of hydrogen-bond donors (Lipinski definition) is 2. The third kappa shape index (κ3) is 7.19. The van der Waals surface area contributed by atoms with Crippen molar-refractivity contribution in [1.82, 2.24) is 19.9 Å². The van der Waals surface area contributed by atoms with Gasteiger partial charge in [0, 0.05) is 68.7 Å². The number of rotatable bonds is 3. The smallest absolute Gasteiger partial charge is 0.314 e. The lowest BCUT2D eigenvalue weighted by Gasteiger charge is -2.36. The van der Waals surface area contributed by atoms with Crippen molar-refractivity contribution < 1.29 is 32.6 Å². The van der Waals surface area contributed by atoms with E-state index in [1.807, 2.05) is 0 Å². The van der Waals surface area contributed by atoms with Gasteiger partial charge in [-0.1, -0.05) is 0 Å². The third-order valence-electron chi connectivity index (χ3n) is 6.96. The molecule has 2 aromatic rings. The Morgan fingerprint density at radius 3 is 1.46 bits per heavy atom. The van der Waals surface area contributed by atoms with Crippen LogP contribution in [0.4, 0.5) is 17.6 Å². The minimum atomic E-state index is -2.76. The predicted molar refractivity (Wildman–Crippen MR) is 125 cm³/mol. The highest BCUT2D eigenvalue weighted by Crippen LogP contribution is 2.46. The Morgan fingerprint density at radius 1 is 0.757 bits per heavy atom. The SMILES string of the molecule is CO.Cc1ncc(C2(C#N)CCC(F)(F)CC2)cn1.Cc1ncc(C2(C(=O)O)CCC(F)(F)CC2)cn1. The van der Waals surface area contributed by atoms with Crippen molar-refractivity contribution >= 4 is 5.97 Å². The number of alkyl halides is 4. The normalized spacial score (nSPS) is 20.6. The van der Waals surface area contributed by atoms with Crippen LogP contribution in [0.15, 0.2) is 24.8 Å². The molecule has 2 aliphatic carbocycles. The average Bonchev–Trinajstić information content (AvgIpc) is 2.87. The van der Waals surface area contributed by atoms with E-state index < -0.39 is 41.5 Å². The molecule has 2 N–H and O–H groups in total. The molecule has 0 aliphatic heterocycles. The number of carboxylic acid groups (broad SMARTS) is 1. The molecule has 8 nitrogen and oxygen atoms in total. The van der Waals surface area contributed by atoms with E-state index in [0.29, 0.717) is 22.8 Å². The Hall–Kier alpha value is -3.20. The summed E-state index contributed by atoms with van der Waals surface area (Å²) in [5.74, 6) is -5.33. The van der Waals surface area contributed by atoms with Gasteiger partial charge in [0.1, 0.15) is 11.6 Å². The highest BCUT2D eigenvalue weighted by Gasteiger charge is 2.49. The van der Waals surface area contributed by atoms with Crippen molar-refractivity contribution in [3.8, 4) is 6.07 Å². The van der Waals surface area contributed by atoms with Gasteiger partial charge in [-0.2, -0.15) is 5.26 Å². The van der Waals surface area contributed by atoms with Crippen LogP contribution in [0.3, 0.4) is 0 Å². The van der Waals surface area contributed by atoms with Crippen LogP contribution in [-0.2, 0) is 15.6 Å². The highest BCUT2D eigenvalue weighted by molar-refractivity contribution is 5.81. The number of halogens is 4. The van der Waals surface area contributed by atoms with Crippen LogP contribution in [0, 0.1) is 25.2 Å². The predicted octanol–water partition coefficient (Wildman–Crippen LogP) is 4.68. The molecule has 2 aliphatic rings. The van der Waals surface area contributed by atoms with Crippen LogP contribution in [-0.4, -0.2) is 55.1 Å². The molecule has 2 saturated carbocycles. The van der Waals surface area contributed by atoms with Crippen LogP contribution in [0.1, 0.15) is 74.1 Å². The average molecular weight is 526 g/mol. The van der Waals surface area contributed by atoms with Gasteiger partial charge in [0.2, 0.25) is 11.8 Å². The molecule has 0 saturated heterocycles. The Balaban J connectivity index is 0.000000244. The van der Waals surface area contributed by atoms with E-state index in [2.05, 4.69) is 26.0 Å². The molecule has 0 atom stereocenters. The maximum atomic E-state index is 13.2. The van der Waals surface area contributed by atoms with Crippen molar-refractivity contribution in [2.75, 3.05) is 7.11 Å². The molecular weight excluding hydrogens is 494 g/mol. The summed E-state index contributed by atoms with van der Waals surface area (Å²) in [6.07, 6.45) is 4.89. The van der Waals surface area contributed by atoms with Gasteiger partial charge in [0.25, 0.3) is 0 Å². The Labute approximate surface area is 212 Å². The summed E-state index contributed by atoms with van der Waals surface area (Å²) >= 11 is 0. The first-order valence-electron chi connectivity index (χ1n) is 11.8. The number of aliphatic carboxylic acids is 1. The van der Waals surface area contributed by atoms with Crippen LogP contribution in [0.2, 0.25) is 0 Å². The van der Waals surface area contributed by atoms with Crippen LogP contribution in [0.25, 0.3) is 0 Å². The number of aliphatic hydroxyl groups excluding tert-OH is 1. The molecular formula is C25H31F4N5O3. The summed E-state index contributed by atoms with van der Waals surface area (Å²) in [5.41, 5.74) is -1.04. The maximum Gasteiger partial charge on any atom is 0.314 e. The Kier molecular flexibility index (Phi) is 9.66. The Bertz CT molecular complexity index is 1070. The van der Waals surface area contributed by atoms with Crippen molar-refractivity contribution in [3.63, 3.8) is 0 Å². The molecule has 0 unspecified atom stereocenters. The molecule has 0 spiro atoms. The lowest BCUT2D eigenvalue weighted by molar-refractivity contribution is -0.149. The first-order chi connectivity index (χ1) is 17.3. The lowest BCUT2D eigenvalue weighted by atomic mass is 9.69. The van der Waals surface area contributed by atoms with Crippen LogP contribution in [0.5, 0.6) is 0 Å². The number of aliphatic hydroxyl groups is 1. The summed E-state index contributed by atoms with van der Waals surface area (Å²) in [5, 5.41) is 25.7. The molecule has 4 rings (SSSR count). The van der Waals surface area contributed by atoms with Crippen molar-refractivity contribution in [1.29, 1.82) is 5.26 Å². The molecule has 0 amide bonds. The fourth-order valence-corrected chi connectivity index (χ4v) is 4.46. The van der Waals surface area contributed by atoms with E-state index in [-0.39, 0.29) is 38.5 Å². The van der Waals surface area contributed by atoms with E-state index in [4.69, 9.17) is 5.11 Å². The van der Waals surface area contributed by atoms with E-state index in [0.717, 1.165) is 7.11 Å². The second kappa shape index (κ2) is 11.9. The minimum Gasteiger partial charge on any atom is -0.481 e. The monoisotopic (exact) mass is 525 g/mol. The molecule has 0 aromatic carbocycles. The first kappa shape index (κ1) is 30.0. The van der Waals surface area contributed by atoms with Gasteiger partial charge in [-0.3, -0.25) is 4.79 Å². The molecule has 202 valence electrons. The topological polar surface area (TPSA) is 133 Å². The van der Waals surface area contributed by atoms with Crippen molar-refractivity contribution in [3.05, 3.63) is 47.6 Å².